The van der Waals surface area contributed by atoms with Gasteiger partial charge in [-0.25, -0.2) is 0 Å². The number of rotatable bonds is 2. The molecule has 0 saturated carbocycles. The van der Waals surface area contributed by atoms with E-state index in [2.05, 4.69) is 36.2 Å². The van der Waals surface area contributed by atoms with Gasteiger partial charge in [0.2, 0.25) is 0 Å². The fraction of sp³-hybridized carbons (Fsp3) is 0.600. The molecule has 0 amide bonds. The first-order valence-electron chi connectivity index (χ1n) is 6.71. The van der Waals surface area contributed by atoms with Crippen LogP contribution < -0.4 is 5.73 Å². The molecule has 94 valence electrons. The quantitative estimate of drug-likeness (QED) is 0.849. The van der Waals surface area contributed by atoms with E-state index < -0.39 is 0 Å². The van der Waals surface area contributed by atoms with Crippen molar-refractivity contribution in [2.24, 2.45) is 5.73 Å². The third-order valence-corrected chi connectivity index (χ3v) is 3.89. The molecule has 0 radical (unpaired) electrons. The molecule has 0 aliphatic carbocycles. The van der Waals surface area contributed by atoms with E-state index in [0.29, 0.717) is 0 Å². The highest BCUT2D eigenvalue weighted by Crippen LogP contribution is 2.28. The molecule has 1 aliphatic rings. The van der Waals surface area contributed by atoms with Crippen molar-refractivity contribution in [2.45, 2.75) is 38.1 Å². The lowest BCUT2D eigenvalue weighted by atomic mass is 9.91. The van der Waals surface area contributed by atoms with E-state index in [1.54, 1.807) is 0 Å². The summed E-state index contributed by atoms with van der Waals surface area (Å²) in [6.07, 6.45) is 3.92. The Morgan fingerprint density at radius 2 is 1.88 bits per heavy atom. The Morgan fingerprint density at radius 3 is 2.53 bits per heavy atom. The van der Waals surface area contributed by atoms with Crippen molar-refractivity contribution >= 4 is 0 Å². The molecule has 2 heteroatoms. The lowest BCUT2D eigenvalue weighted by molar-refractivity contribution is 0.347. The van der Waals surface area contributed by atoms with E-state index in [1.807, 2.05) is 6.92 Å². The molecule has 2 unspecified atom stereocenters. The summed E-state index contributed by atoms with van der Waals surface area (Å²) in [4.78, 5) is 2.44. The fourth-order valence-electron chi connectivity index (χ4n) is 2.65. The zero-order chi connectivity index (χ0) is 12.3. The van der Waals surface area contributed by atoms with Crippen molar-refractivity contribution < 1.29 is 0 Å². The standard InChI is InChI=1S/C15H24N2/c1-12(16)13-5-7-15(8-6-13)14-4-3-10-17(2)11-9-14/h5-8,12,14H,3-4,9-11,16H2,1-2H3. The molecule has 0 bridgehead atoms. The van der Waals surface area contributed by atoms with Gasteiger partial charge in [-0.2, -0.15) is 0 Å². The average molecular weight is 232 g/mol. The van der Waals surface area contributed by atoms with E-state index in [0.717, 1.165) is 5.92 Å². The van der Waals surface area contributed by atoms with Crippen molar-refractivity contribution in [2.75, 3.05) is 20.1 Å². The van der Waals surface area contributed by atoms with Crippen LogP contribution in [0.4, 0.5) is 0 Å². The van der Waals surface area contributed by atoms with Gasteiger partial charge in [0, 0.05) is 6.04 Å². The minimum absolute atomic E-state index is 0.143. The van der Waals surface area contributed by atoms with Crippen molar-refractivity contribution in [1.82, 2.24) is 4.90 Å². The van der Waals surface area contributed by atoms with Gasteiger partial charge >= 0.3 is 0 Å². The summed E-state index contributed by atoms with van der Waals surface area (Å²) in [5, 5.41) is 0. The highest BCUT2D eigenvalue weighted by Gasteiger charge is 2.16. The summed E-state index contributed by atoms with van der Waals surface area (Å²) >= 11 is 0. The molecule has 17 heavy (non-hydrogen) atoms. The molecule has 0 aromatic heterocycles. The van der Waals surface area contributed by atoms with Gasteiger partial charge in [-0.3, -0.25) is 0 Å². The Morgan fingerprint density at radius 1 is 1.18 bits per heavy atom. The highest BCUT2D eigenvalue weighted by molar-refractivity contribution is 5.27. The van der Waals surface area contributed by atoms with Gasteiger partial charge in [0.05, 0.1) is 0 Å². The van der Waals surface area contributed by atoms with E-state index >= 15 is 0 Å². The zero-order valence-corrected chi connectivity index (χ0v) is 11.0. The van der Waals surface area contributed by atoms with Crippen LogP contribution in [0.1, 0.15) is 49.3 Å². The van der Waals surface area contributed by atoms with Crippen LogP contribution in [-0.2, 0) is 0 Å². The summed E-state index contributed by atoms with van der Waals surface area (Å²) < 4.78 is 0. The molecular formula is C15H24N2. The van der Waals surface area contributed by atoms with Crippen molar-refractivity contribution in [1.29, 1.82) is 0 Å². The van der Waals surface area contributed by atoms with Crippen LogP contribution in [0.3, 0.4) is 0 Å². The second kappa shape index (κ2) is 5.65. The summed E-state index contributed by atoms with van der Waals surface area (Å²) in [7, 11) is 2.22. The summed E-state index contributed by atoms with van der Waals surface area (Å²) in [5.74, 6) is 0.738. The number of hydrogen-bond acceptors (Lipinski definition) is 2. The highest BCUT2D eigenvalue weighted by atomic mass is 15.1. The molecular weight excluding hydrogens is 208 g/mol. The SMILES string of the molecule is CC(N)c1ccc(C2CCCN(C)CC2)cc1. The number of hydrogen-bond donors (Lipinski definition) is 1. The molecule has 1 aliphatic heterocycles. The van der Waals surface area contributed by atoms with Crippen molar-refractivity contribution in [3.63, 3.8) is 0 Å². The van der Waals surface area contributed by atoms with Crippen LogP contribution in [0.2, 0.25) is 0 Å². The van der Waals surface area contributed by atoms with E-state index in [9.17, 15) is 0 Å². The molecule has 1 fully saturated rings. The number of nitrogens with two attached hydrogens (primary N) is 1. The molecule has 1 heterocycles. The Bertz CT molecular complexity index is 342. The van der Waals surface area contributed by atoms with Crippen LogP contribution >= 0.6 is 0 Å². The minimum atomic E-state index is 0.143. The van der Waals surface area contributed by atoms with Gasteiger partial charge in [-0.15, -0.1) is 0 Å². The van der Waals surface area contributed by atoms with E-state index in [4.69, 9.17) is 5.73 Å². The summed E-state index contributed by atoms with van der Waals surface area (Å²) in [6.45, 7) is 4.50. The van der Waals surface area contributed by atoms with Crippen LogP contribution in [0.25, 0.3) is 0 Å². The predicted molar refractivity (Wildman–Crippen MR) is 73.1 cm³/mol. The van der Waals surface area contributed by atoms with Gasteiger partial charge in [0.25, 0.3) is 0 Å². The van der Waals surface area contributed by atoms with Gasteiger partial charge in [-0.1, -0.05) is 24.3 Å². The normalized spacial score (nSPS) is 24.3. The third kappa shape index (κ3) is 3.30. The topological polar surface area (TPSA) is 29.3 Å². The summed E-state index contributed by atoms with van der Waals surface area (Å²) in [6, 6.07) is 9.07. The van der Waals surface area contributed by atoms with Crippen LogP contribution in [0, 0.1) is 0 Å². The molecule has 2 rings (SSSR count). The number of benzene rings is 1. The monoisotopic (exact) mass is 232 g/mol. The molecule has 1 aromatic carbocycles. The first-order chi connectivity index (χ1) is 8.16. The molecule has 0 spiro atoms. The van der Waals surface area contributed by atoms with Gasteiger partial charge in [-0.05, 0) is 63.4 Å². The van der Waals surface area contributed by atoms with Gasteiger partial charge < -0.3 is 10.6 Å². The van der Waals surface area contributed by atoms with Crippen LogP contribution in [-0.4, -0.2) is 25.0 Å². The largest absolute Gasteiger partial charge is 0.324 e. The second-order valence-electron chi connectivity index (χ2n) is 5.39. The Balaban J connectivity index is 2.06. The third-order valence-electron chi connectivity index (χ3n) is 3.89. The Kier molecular flexibility index (Phi) is 4.19. The first kappa shape index (κ1) is 12.6. The van der Waals surface area contributed by atoms with E-state index in [1.165, 1.54) is 43.5 Å². The lowest BCUT2D eigenvalue weighted by Crippen LogP contribution is -2.18. The maximum Gasteiger partial charge on any atom is 0.0266 e. The van der Waals surface area contributed by atoms with Crippen LogP contribution in [0.15, 0.2) is 24.3 Å². The molecule has 2 nitrogen and oxygen atoms in total. The van der Waals surface area contributed by atoms with E-state index in [-0.39, 0.29) is 6.04 Å². The van der Waals surface area contributed by atoms with Gasteiger partial charge in [0.15, 0.2) is 0 Å². The Hall–Kier alpha value is -0.860. The van der Waals surface area contributed by atoms with Crippen molar-refractivity contribution in [3.05, 3.63) is 35.4 Å². The number of likely N-dealkylation sites (tertiary alicyclic amines) is 1. The molecule has 1 saturated heterocycles. The fourth-order valence-corrected chi connectivity index (χ4v) is 2.65. The summed E-state index contributed by atoms with van der Waals surface area (Å²) in [5.41, 5.74) is 8.60. The maximum atomic E-state index is 5.88. The average Bonchev–Trinajstić information content (AvgIpc) is 2.54. The van der Waals surface area contributed by atoms with Crippen LogP contribution in [0.5, 0.6) is 0 Å². The predicted octanol–water partition coefficient (Wildman–Crippen LogP) is 2.91. The molecule has 2 atom stereocenters. The molecule has 1 aromatic rings. The molecule has 2 N–H and O–H groups in total. The Labute approximate surface area is 105 Å². The zero-order valence-electron chi connectivity index (χ0n) is 11.0. The van der Waals surface area contributed by atoms with Gasteiger partial charge in [0.1, 0.15) is 0 Å². The smallest absolute Gasteiger partial charge is 0.0266 e. The maximum absolute atomic E-state index is 5.88. The first-order valence-corrected chi connectivity index (χ1v) is 6.71. The second-order valence-corrected chi connectivity index (χ2v) is 5.39. The minimum Gasteiger partial charge on any atom is -0.324 e. The number of nitrogens with zero attached hydrogens (tertiary/aromatic N) is 1. The lowest BCUT2D eigenvalue weighted by Gasteiger charge is -2.16. The van der Waals surface area contributed by atoms with Crippen molar-refractivity contribution in [3.8, 4) is 0 Å².